The molecule has 18 N–H and O–H groups in total. The molecule has 534 valence electrons. The van der Waals surface area contributed by atoms with Gasteiger partial charge in [-0.3, -0.25) is 47.9 Å². The van der Waals surface area contributed by atoms with Gasteiger partial charge in [0.25, 0.3) is 0 Å². The average molecular weight is 1320 g/mol. The van der Waals surface area contributed by atoms with Crippen LogP contribution in [0.25, 0.3) is 0 Å². The number of aliphatic carboxylic acids is 6. The second-order valence-corrected chi connectivity index (χ2v) is 26.6. The van der Waals surface area contributed by atoms with Crippen molar-refractivity contribution in [2.45, 2.75) is 218 Å². The molecule has 1 heterocycles. The van der Waals surface area contributed by atoms with Crippen molar-refractivity contribution in [3.8, 4) is 0 Å². The molecule has 2 aromatic carbocycles. The first kappa shape index (κ1) is 94.4. The summed E-state index contributed by atoms with van der Waals surface area (Å²) in [5.74, 6) is -5.23. The standard InChI is InChI=1S/3C9H17NO3.C9H16O4.C9H14O3.C8H17NO2.2C8H11N/c4*1-6(2)3-7(4-8(10)11)5-9(12)13;1-6(2)3-7-4-8(10)12-9(11)5-7;1-6(2)3-7(5-9)4-8(10)11;2*1-7(9)8-5-3-2-4-6-8/h3*6-7H,3-5H2,1-2H3,(H2,10,11)(H,12,13);6-7H,3-5H2,1-2H3,(H,10,11)(H,12,13);6-7H,3-5H2,1-2H3;6-7H,3-5,9H2,1-2H3,(H,10,11);2*2-7H,9H2,1H3/t2*7-;;;;3*7-/m11...011/s1. The smallest absolute Gasteiger partial charge is 0.313 e. The zero-order valence-corrected chi connectivity index (χ0v) is 58.2. The lowest BCUT2D eigenvalue weighted by atomic mass is 9.90. The van der Waals surface area contributed by atoms with Crippen molar-refractivity contribution in [1.82, 2.24) is 0 Å². The lowest BCUT2D eigenvalue weighted by Crippen LogP contribution is -2.51. The van der Waals surface area contributed by atoms with Crippen molar-refractivity contribution in [2.75, 3.05) is 6.54 Å². The molecule has 6 atom stereocenters. The fraction of sp³-hybridized carbons (Fsp3) is 0.667. The molecule has 1 saturated heterocycles. The highest BCUT2D eigenvalue weighted by Crippen LogP contribution is 2.25. The van der Waals surface area contributed by atoms with Gasteiger partial charge in [0, 0.05) is 81.8 Å². The number of cyclic esters (lactones) is 2. The number of carboxylic acids is 6. The Labute approximate surface area is 553 Å². The Balaban J connectivity index is -0.000000318. The first-order chi connectivity index (χ1) is 42.9. The largest absolute Gasteiger partial charge is 0.550 e. The third kappa shape index (κ3) is 70.4. The van der Waals surface area contributed by atoms with E-state index < -0.39 is 53.5 Å². The van der Waals surface area contributed by atoms with Gasteiger partial charge in [-0.25, -0.2) is 0 Å². The van der Waals surface area contributed by atoms with Crippen LogP contribution in [0.3, 0.4) is 0 Å². The molecular formula is C69H120N6O18. The van der Waals surface area contributed by atoms with Crippen molar-refractivity contribution in [1.29, 1.82) is 0 Å². The van der Waals surface area contributed by atoms with Crippen LogP contribution >= 0.6 is 0 Å². The molecule has 1 aliphatic rings. The van der Waals surface area contributed by atoms with E-state index in [1.54, 1.807) is 0 Å². The third-order valence-electron chi connectivity index (χ3n) is 13.2. The van der Waals surface area contributed by atoms with Crippen LogP contribution < -0.4 is 39.5 Å². The highest BCUT2D eigenvalue weighted by atomic mass is 16.6. The van der Waals surface area contributed by atoms with Crippen molar-refractivity contribution in [3.63, 3.8) is 0 Å². The van der Waals surface area contributed by atoms with Crippen LogP contribution in [0.1, 0.15) is 229 Å². The van der Waals surface area contributed by atoms with Gasteiger partial charge in [-0.15, -0.1) is 0 Å². The minimum Gasteiger partial charge on any atom is -0.550 e. The van der Waals surface area contributed by atoms with E-state index in [-0.39, 0.29) is 111 Å². The maximum atomic E-state index is 10.8. The van der Waals surface area contributed by atoms with Gasteiger partial charge in [-0.1, -0.05) is 144 Å². The molecule has 0 radical (unpaired) electrons. The molecule has 1 unspecified atom stereocenters. The molecule has 3 amide bonds. The highest BCUT2D eigenvalue weighted by Gasteiger charge is 2.27. The van der Waals surface area contributed by atoms with Gasteiger partial charge >= 0.3 is 41.8 Å². The van der Waals surface area contributed by atoms with E-state index in [2.05, 4.69) is 57.2 Å². The number of hydrogen-bond donors (Lipinski definition) is 11. The number of primary amides is 3. The van der Waals surface area contributed by atoms with Crippen LogP contribution in [-0.2, 0) is 57.5 Å². The molecule has 24 heteroatoms. The number of quaternary nitrogens is 1. The number of carboxylic acid groups (broad SMARTS) is 6. The molecule has 93 heavy (non-hydrogen) atoms. The Morgan fingerprint density at radius 1 is 0.441 bits per heavy atom. The van der Waals surface area contributed by atoms with Gasteiger partial charge in [0.1, 0.15) is 6.04 Å². The summed E-state index contributed by atoms with van der Waals surface area (Å²) in [6.45, 7) is 28.7. The lowest BCUT2D eigenvalue weighted by molar-refractivity contribution is -0.420. The SMILES string of the molecule is CC(C)CC(CC(=O)O)CC(=O)O.CC(C)CC(CC(N)=O)CC(=O)O.CC(C)CC1CC(=O)OC(=O)C1.CC(C)C[C@H](CC(N)=O)CC(=O)O.CC(C)C[C@H](CC(N)=O)CC(=O)[O-].CC(C)C[C@H](CN)CC(=O)O.C[C@@H](N)c1ccccc1.C[C@@H]([NH3+])c1ccccc1. The molecule has 0 spiro atoms. The molecule has 3 rings (SSSR count). The van der Waals surface area contributed by atoms with E-state index in [0.29, 0.717) is 73.8 Å². The molecule has 1 fully saturated rings. The summed E-state index contributed by atoms with van der Waals surface area (Å²) in [6.07, 6.45) is 6.01. The molecule has 24 nitrogen and oxygen atoms in total. The van der Waals surface area contributed by atoms with Crippen LogP contribution in [0.4, 0.5) is 0 Å². The topological polar surface area (TPSA) is 479 Å². The van der Waals surface area contributed by atoms with Crippen LogP contribution in [-0.4, -0.2) is 97.6 Å². The number of ether oxygens (including phenoxy) is 1. The number of carbonyl (C=O) groups excluding carboxylic acids is 6. The molecule has 0 aromatic heterocycles. The third-order valence-corrected chi connectivity index (χ3v) is 13.2. The van der Waals surface area contributed by atoms with Crippen molar-refractivity contribution >= 4 is 65.5 Å². The number of carbonyl (C=O) groups is 11. The zero-order valence-electron chi connectivity index (χ0n) is 58.2. The van der Waals surface area contributed by atoms with E-state index in [4.69, 9.17) is 54.2 Å². The van der Waals surface area contributed by atoms with Crippen LogP contribution in [0.5, 0.6) is 0 Å². The fourth-order valence-electron chi connectivity index (χ4n) is 10.0. The Hall–Kier alpha value is -7.31. The summed E-state index contributed by atoms with van der Waals surface area (Å²) in [6, 6.07) is 20.9. The second kappa shape index (κ2) is 56.3. The minimum atomic E-state index is -1.12. The van der Waals surface area contributed by atoms with Gasteiger partial charge in [-0.2, -0.15) is 0 Å². The molecule has 1 aliphatic heterocycles. The molecule has 2 aromatic rings. The number of hydrogen-bond acceptors (Lipinski definition) is 15. The maximum absolute atomic E-state index is 10.8. The van der Waals surface area contributed by atoms with Gasteiger partial charge in [0.15, 0.2) is 0 Å². The van der Waals surface area contributed by atoms with Gasteiger partial charge in [-0.05, 0) is 142 Å². The van der Waals surface area contributed by atoms with E-state index in [1.807, 2.05) is 111 Å². The number of rotatable bonds is 33. The minimum absolute atomic E-state index is 0.0289. The first-order valence-corrected chi connectivity index (χ1v) is 32.2. The van der Waals surface area contributed by atoms with Crippen molar-refractivity contribution in [3.05, 3.63) is 71.8 Å². The maximum Gasteiger partial charge on any atom is 0.313 e. The Morgan fingerprint density at radius 3 is 0.903 bits per heavy atom. The van der Waals surface area contributed by atoms with Crippen LogP contribution in [0, 0.1) is 71.0 Å². The Bertz CT molecular complexity index is 2110. The quantitative estimate of drug-likeness (QED) is 0.0235. The van der Waals surface area contributed by atoms with E-state index in [0.717, 1.165) is 25.7 Å². The summed E-state index contributed by atoms with van der Waals surface area (Å²) in [7, 11) is 0. The van der Waals surface area contributed by atoms with E-state index in [1.165, 1.54) is 11.1 Å². The van der Waals surface area contributed by atoms with Gasteiger partial charge in [0.2, 0.25) is 17.7 Å². The van der Waals surface area contributed by atoms with Crippen LogP contribution in [0.2, 0.25) is 0 Å². The first-order valence-electron chi connectivity index (χ1n) is 32.2. The molecule has 0 saturated carbocycles. The summed E-state index contributed by atoms with van der Waals surface area (Å²) in [5.41, 5.74) is 32.4. The zero-order chi connectivity index (χ0) is 73.1. The second-order valence-electron chi connectivity index (χ2n) is 26.6. The molecular weight excluding hydrogens is 1200 g/mol. The fourth-order valence-corrected chi connectivity index (χ4v) is 10.0. The molecule has 0 bridgehead atoms. The Morgan fingerprint density at radius 2 is 0.699 bits per heavy atom. The number of amides is 3. The highest BCUT2D eigenvalue weighted by molar-refractivity contribution is 5.88. The number of esters is 2. The van der Waals surface area contributed by atoms with E-state index in [9.17, 15) is 57.8 Å². The van der Waals surface area contributed by atoms with E-state index >= 15 is 0 Å². The van der Waals surface area contributed by atoms with Crippen molar-refractivity contribution < 1.29 is 93.8 Å². The summed E-state index contributed by atoms with van der Waals surface area (Å²) >= 11 is 0. The number of benzene rings is 2. The lowest BCUT2D eigenvalue weighted by Gasteiger charge is -2.20. The summed E-state index contributed by atoms with van der Waals surface area (Å²) in [4.78, 5) is 116. The monoisotopic (exact) mass is 1320 g/mol. The van der Waals surface area contributed by atoms with Gasteiger partial charge in [0.05, 0.1) is 0 Å². The normalized spacial score (nSPS) is 13.6. The number of nitrogens with two attached hydrogens (primary N) is 5. The summed E-state index contributed by atoms with van der Waals surface area (Å²) < 4.78 is 4.42. The van der Waals surface area contributed by atoms with Crippen LogP contribution in [0.15, 0.2) is 60.7 Å². The predicted octanol–water partition coefficient (Wildman–Crippen LogP) is 8.55. The molecule has 0 aliphatic carbocycles. The van der Waals surface area contributed by atoms with Crippen molar-refractivity contribution in [2.24, 2.45) is 99.7 Å². The Kier molecular flexibility index (Phi) is 57.1. The average Bonchev–Trinajstić information content (AvgIpc) is 3.13. The predicted molar refractivity (Wildman–Crippen MR) is 356 cm³/mol. The summed E-state index contributed by atoms with van der Waals surface area (Å²) in [5, 5.41) is 52.9. The van der Waals surface area contributed by atoms with Gasteiger partial charge < -0.3 is 74.6 Å².